The summed E-state index contributed by atoms with van der Waals surface area (Å²) in [6.07, 6.45) is 9.46. The largest absolute Gasteiger partial charge is 0.337 e. The standard InChI is InChI=1S/C18H29N3O/c1-2-20-12-6-8-15(20)16-9-7-13-21(16)17(22)18(14-19)10-4-3-5-11-18/h15-16H,2-13H2,1H3/t15-,16+/m0/s1. The molecule has 2 atom stereocenters. The van der Waals surface area contributed by atoms with Gasteiger partial charge in [-0.2, -0.15) is 5.26 Å². The van der Waals surface area contributed by atoms with Gasteiger partial charge in [0.2, 0.25) is 5.91 Å². The predicted octanol–water partition coefficient (Wildman–Crippen LogP) is 2.94. The summed E-state index contributed by atoms with van der Waals surface area (Å²) in [6.45, 7) is 5.33. The Bertz CT molecular complexity index is 450. The van der Waals surface area contributed by atoms with E-state index in [0.29, 0.717) is 12.1 Å². The fraction of sp³-hybridized carbons (Fsp3) is 0.889. The lowest BCUT2D eigenvalue weighted by molar-refractivity contribution is -0.142. The molecule has 0 unspecified atom stereocenters. The molecule has 22 heavy (non-hydrogen) atoms. The van der Waals surface area contributed by atoms with E-state index >= 15 is 0 Å². The van der Waals surface area contributed by atoms with Gasteiger partial charge in [-0.15, -0.1) is 0 Å². The predicted molar refractivity (Wildman–Crippen MR) is 86.1 cm³/mol. The molecule has 3 rings (SSSR count). The van der Waals surface area contributed by atoms with Gasteiger partial charge < -0.3 is 4.90 Å². The summed E-state index contributed by atoms with van der Waals surface area (Å²) < 4.78 is 0. The van der Waals surface area contributed by atoms with Gasteiger partial charge in [-0.25, -0.2) is 0 Å². The molecule has 1 saturated carbocycles. The fourth-order valence-corrected chi connectivity index (χ4v) is 4.93. The van der Waals surface area contributed by atoms with Crippen LogP contribution in [0, 0.1) is 16.7 Å². The van der Waals surface area contributed by atoms with Gasteiger partial charge in [0, 0.05) is 18.6 Å². The zero-order chi connectivity index (χ0) is 15.6. The Labute approximate surface area is 134 Å². The quantitative estimate of drug-likeness (QED) is 0.805. The van der Waals surface area contributed by atoms with E-state index in [1.165, 1.54) is 25.8 Å². The van der Waals surface area contributed by atoms with E-state index in [1.54, 1.807) is 0 Å². The van der Waals surface area contributed by atoms with Crippen LogP contribution in [0.2, 0.25) is 0 Å². The average Bonchev–Trinajstić information content (AvgIpc) is 3.22. The highest BCUT2D eigenvalue weighted by Crippen LogP contribution is 2.40. The molecule has 4 heteroatoms. The van der Waals surface area contributed by atoms with Crippen molar-refractivity contribution in [2.45, 2.75) is 76.8 Å². The molecule has 1 aliphatic carbocycles. The Morgan fingerprint density at radius 1 is 1.09 bits per heavy atom. The smallest absolute Gasteiger partial charge is 0.243 e. The molecule has 0 N–H and O–H groups in total. The number of carbonyl (C=O) groups is 1. The Hall–Kier alpha value is -1.08. The average molecular weight is 303 g/mol. The lowest BCUT2D eigenvalue weighted by atomic mass is 9.74. The molecule has 0 bridgehead atoms. The highest BCUT2D eigenvalue weighted by Gasteiger charge is 2.47. The summed E-state index contributed by atoms with van der Waals surface area (Å²) >= 11 is 0. The molecular formula is C18H29N3O. The van der Waals surface area contributed by atoms with Crippen molar-refractivity contribution in [2.24, 2.45) is 5.41 Å². The Balaban J connectivity index is 1.77. The van der Waals surface area contributed by atoms with Crippen LogP contribution in [0.5, 0.6) is 0 Å². The lowest BCUT2D eigenvalue weighted by Gasteiger charge is -2.39. The first-order chi connectivity index (χ1) is 10.7. The second-order valence-electron chi connectivity index (χ2n) is 7.30. The van der Waals surface area contributed by atoms with Gasteiger partial charge in [0.15, 0.2) is 0 Å². The number of hydrogen-bond donors (Lipinski definition) is 0. The highest BCUT2D eigenvalue weighted by molar-refractivity contribution is 5.86. The zero-order valence-corrected chi connectivity index (χ0v) is 13.9. The van der Waals surface area contributed by atoms with Gasteiger partial charge in [0.1, 0.15) is 5.41 Å². The van der Waals surface area contributed by atoms with E-state index < -0.39 is 5.41 Å². The molecule has 1 amide bonds. The molecule has 2 saturated heterocycles. The molecule has 0 aromatic rings. The monoisotopic (exact) mass is 303 g/mol. The van der Waals surface area contributed by atoms with Crippen LogP contribution < -0.4 is 0 Å². The number of likely N-dealkylation sites (tertiary alicyclic amines) is 2. The number of rotatable bonds is 3. The summed E-state index contributed by atoms with van der Waals surface area (Å²) in [6, 6.07) is 3.30. The Kier molecular flexibility index (Phi) is 4.73. The summed E-state index contributed by atoms with van der Waals surface area (Å²) in [5.74, 6) is 0.153. The second-order valence-corrected chi connectivity index (χ2v) is 7.30. The molecule has 0 radical (unpaired) electrons. The molecule has 2 aliphatic heterocycles. The second kappa shape index (κ2) is 6.58. The van der Waals surface area contributed by atoms with Crippen molar-refractivity contribution in [3.05, 3.63) is 0 Å². The number of carbonyl (C=O) groups excluding carboxylic acids is 1. The van der Waals surface area contributed by atoms with Gasteiger partial charge in [-0.3, -0.25) is 9.69 Å². The molecule has 2 heterocycles. The van der Waals surface area contributed by atoms with Gasteiger partial charge in [0.25, 0.3) is 0 Å². The van der Waals surface area contributed by atoms with E-state index in [0.717, 1.165) is 51.6 Å². The molecular weight excluding hydrogens is 274 g/mol. The van der Waals surface area contributed by atoms with Crippen molar-refractivity contribution in [2.75, 3.05) is 19.6 Å². The summed E-state index contributed by atoms with van der Waals surface area (Å²) in [5.41, 5.74) is -0.712. The minimum atomic E-state index is -0.712. The maximum absolute atomic E-state index is 13.2. The first-order valence-electron chi connectivity index (χ1n) is 9.18. The summed E-state index contributed by atoms with van der Waals surface area (Å²) in [7, 11) is 0. The summed E-state index contributed by atoms with van der Waals surface area (Å²) in [4.78, 5) is 17.8. The van der Waals surface area contributed by atoms with E-state index in [9.17, 15) is 10.1 Å². The van der Waals surface area contributed by atoms with Crippen molar-refractivity contribution in [3.63, 3.8) is 0 Å². The van der Waals surface area contributed by atoms with E-state index in [1.807, 2.05) is 0 Å². The summed E-state index contributed by atoms with van der Waals surface area (Å²) in [5, 5.41) is 9.71. The lowest BCUT2D eigenvalue weighted by Crippen LogP contribution is -2.52. The van der Waals surface area contributed by atoms with E-state index in [4.69, 9.17) is 0 Å². The third-order valence-corrected chi connectivity index (χ3v) is 6.16. The van der Waals surface area contributed by atoms with Crippen molar-refractivity contribution in [3.8, 4) is 6.07 Å². The van der Waals surface area contributed by atoms with Crippen LogP contribution >= 0.6 is 0 Å². The number of hydrogen-bond acceptors (Lipinski definition) is 3. The third-order valence-electron chi connectivity index (χ3n) is 6.16. The van der Waals surface area contributed by atoms with Gasteiger partial charge in [-0.05, 0) is 51.6 Å². The van der Waals surface area contributed by atoms with Crippen LogP contribution in [0.15, 0.2) is 0 Å². The first kappa shape index (κ1) is 15.8. The zero-order valence-electron chi connectivity index (χ0n) is 13.9. The van der Waals surface area contributed by atoms with Crippen LogP contribution in [0.1, 0.15) is 64.7 Å². The first-order valence-corrected chi connectivity index (χ1v) is 9.18. The van der Waals surface area contributed by atoms with Crippen LogP contribution in [0.25, 0.3) is 0 Å². The molecule has 3 aliphatic rings. The van der Waals surface area contributed by atoms with Crippen molar-refractivity contribution >= 4 is 5.91 Å². The minimum Gasteiger partial charge on any atom is -0.337 e. The molecule has 122 valence electrons. The Morgan fingerprint density at radius 3 is 2.45 bits per heavy atom. The minimum absolute atomic E-state index is 0.153. The fourth-order valence-electron chi connectivity index (χ4n) is 4.93. The topological polar surface area (TPSA) is 47.3 Å². The molecule has 0 aromatic carbocycles. The number of likely N-dealkylation sites (N-methyl/N-ethyl adjacent to an activating group) is 1. The van der Waals surface area contributed by atoms with Crippen LogP contribution in [-0.2, 0) is 4.79 Å². The maximum atomic E-state index is 13.2. The number of amides is 1. The Morgan fingerprint density at radius 2 is 1.77 bits per heavy atom. The van der Waals surface area contributed by atoms with E-state index in [-0.39, 0.29) is 5.91 Å². The molecule has 0 aromatic heterocycles. The highest BCUT2D eigenvalue weighted by atomic mass is 16.2. The van der Waals surface area contributed by atoms with Gasteiger partial charge in [-0.1, -0.05) is 26.2 Å². The normalized spacial score (nSPS) is 32.1. The molecule has 4 nitrogen and oxygen atoms in total. The van der Waals surface area contributed by atoms with E-state index in [2.05, 4.69) is 22.8 Å². The van der Waals surface area contributed by atoms with Crippen molar-refractivity contribution in [1.82, 2.24) is 9.80 Å². The van der Waals surface area contributed by atoms with Crippen LogP contribution in [0.3, 0.4) is 0 Å². The number of nitriles is 1. The molecule has 3 fully saturated rings. The number of nitrogens with zero attached hydrogens (tertiary/aromatic N) is 3. The van der Waals surface area contributed by atoms with Crippen LogP contribution in [-0.4, -0.2) is 47.4 Å². The van der Waals surface area contributed by atoms with Gasteiger partial charge in [0.05, 0.1) is 6.07 Å². The SMILES string of the molecule is CCN1CCC[C@H]1[C@H]1CCCN1C(=O)C1(C#N)CCCCC1. The van der Waals surface area contributed by atoms with Gasteiger partial charge >= 0.3 is 0 Å². The van der Waals surface area contributed by atoms with Crippen molar-refractivity contribution in [1.29, 1.82) is 5.26 Å². The molecule has 0 spiro atoms. The third kappa shape index (κ3) is 2.65. The maximum Gasteiger partial charge on any atom is 0.243 e. The van der Waals surface area contributed by atoms with Crippen molar-refractivity contribution < 1.29 is 4.79 Å². The van der Waals surface area contributed by atoms with Crippen LogP contribution in [0.4, 0.5) is 0 Å².